The Morgan fingerprint density at radius 1 is 1.08 bits per heavy atom. The fourth-order valence-electron chi connectivity index (χ4n) is 5.41. The van der Waals surface area contributed by atoms with Gasteiger partial charge in [-0.2, -0.15) is 11.8 Å². The van der Waals surface area contributed by atoms with E-state index in [4.69, 9.17) is 0 Å². The van der Waals surface area contributed by atoms with Gasteiger partial charge in [0.05, 0.1) is 0 Å². The zero-order valence-corrected chi connectivity index (χ0v) is 24.5. The first kappa shape index (κ1) is 30.7. The molecule has 0 spiro atoms. The molecule has 7 heteroatoms. The number of carboxylic acids is 1. The highest BCUT2D eigenvalue weighted by Crippen LogP contribution is 2.29. The lowest BCUT2D eigenvalue weighted by Crippen LogP contribution is -2.41. The number of nitrogens with one attached hydrogen (secondary N) is 1. The van der Waals surface area contributed by atoms with E-state index in [1.807, 2.05) is 56.5 Å². The van der Waals surface area contributed by atoms with Gasteiger partial charge in [-0.25, -0.2) is 4.79 Å². The number of aryl methyl sites for hydroxylation is 1. The number of carbonyl (C=O) groups excluding carboxylic acids is 2. The second-order valence-electron chi connectivity index (χ2n) is 10.7. The Bertz CT molecular complexity index is 1110. The van der Waals surface area contributed by atoms with Crippen molar-refractivity contribution >= 4 is 29.5 Å². The van der Waals surface area contributed by atoms with E-state index in [0.29, 0.717) is 43.0 Å². The molecule has 0 aliphatic heterocycles. The Balaban J connectivity index is 1.85. The van der Waals surface area contributed by atoms with Gasteiger partial charge in [-0.3, -0.25) is 9.59 Å². The summed E-state index contributed by atoms with van der Waals surface area (Å²) < 4.78 is 0. The molecule has 6 nitrogen and oxygen atoms in total. The highest BCUT2D eigenvalue weighted by molar-refractivity contribution is 7.98. The highest BCUT2D eigenvalue weighted by atomic mass is 32.2. The molecule has 212 valence electrons. The molecule has 0 aromatic heterocycles. The monoisotopic (exact) mass is 552 g/mol. The van der Waals surface area contributed by atoms with Crippen LogP contribution in [-0.2, 0) is 16.0 Å². The van der Waals surface area contributed by atoms with Crippen molar-refractivity contribution in [1.29, 1.82) is 0 Å². The maximum absolute atomic E-state index is 13.4. The van der Waals surface area contributed by atoms with E-state index in [0.717, 1.165) is 35.2 Å². The predicted octanol–water partition coefficient (Wildman–Crippen LogP) is 6.35. The molecular formula is C32H44N2O4S. The normalized spacial score (nSPS) is 14.5. The van der Waals surface area contributed by atoms with Crippen molar-refractivity contribution in [2.24, 2.45) is 5.92 Å². The van der Waals surface area contributed by atoms with E-state index in [-0.39, 0.29) is 11.8 Å². The first-order valence-corrected chi connectivity index (χ1v) is 15.7. The number of carbonyl (C=O) groups is 3. The number of carboxylic acid groups (broad SMARTS) is 1. The summed E-state index contributed by atoms with van der Waals surface area (Å²) in [5.74, 6) is 0.0470. The van der Waals surface area contributed by atoms with Crippen LogP contribution in [-0.4, -0.2) is 58.9 Å². The van der Waals surface area contributed by atoms with Gasteiger partial charge in [0.25, 0.3) is 5.91 Å². The summed E-state index contributed by atoms with van der Waals surface area (Å²) >= 11 is 1.55. The van der Waals surface area contributed by atoms with Crippen LogP contribution in [0.15, 0.2) is 42.5 Å². The molecule has 1 aliphatic carbocycles. The topological polar surface area (TPSA) is 86.7 Å². The maximum atomic E-state index is 13.4. The number of nitrogens with zero attached hydrogens (tertiary/aromatic N) is 1. The van der Waals surface area contributed by atoms with Crippen LogP contribution in [0.25, 0.3) is 11.1 Å². The zero-order valence-electron chi connectivity index (χ0n) is 23.7. The molecule has 2 N–H and O–H groups in total. The van der Waals surface area contributed by atoms with Crippen LogP contribution in [0.3, 0.4) is 0 Å². The van der Waals surface area contributed by atoms with E-state index in [1.165, 1.54) is 32.1 Å². The molecular weight excluding hydrogens is 508 g/mol. The third-order valence-electron chi connectivity index (χ3n) is 7.67. The average Bonchev–Trinajstić information content (AvgIpc) is 2.93. The van der Waals surface area contributed by atoms with Crippen molar-refractivity contribution in [1.82, 2.24) is 10.2 Å². The van der Waals surface area contributed by atoms with Crippen LogP contribution in [0.2, 0.25) is 0 Å². The molecule has 0 saturated heterocycles. The Hall–Kier alpha value is -2.80. The molecule has 2 aromatic rings. The molecule has 3 rings (SSSR count). The molecule has 2 amide bonds. The number of aliphatic carboxylic acids is 1. The number of rotatable bonds is 14. The number of thioether (sulfide) groups is 1. The first-order valence-electron chi connectivity index (χ1n) is 14.3. The van der Waals surface area contributed by atoms with Crippen molar-refractivity contribution in [3.05, 3.63) is 59.2 Å². The molecule has 39 heavy (non-hydrogen) atoms. The Kier molecular flexibility index (Phi) is 12.4. The van der Waals surface area contributed by atoms with Crippen molar-refractivity contribution < 1.29 is 19.5 Å². The summed E-state index contributed by atoms with van der Waals surface area (Å²) in [4.78, 5) is 40.1. The standard InChI is InChI=1S/C32H44N2O4S/c1-4-10-30(35)34(22-25-12-6-5-7-13-25)19-17-24-15-16-27(28(21-24)26-14-9-8-11-23(26)2)31(36)33-29(32(37)38)18-20-39-3/h8-9,11,14-16,21,25,29H,4-7,10,12-13,17-20,22H2,1-3H3,(H,33,36)(H,37,38). The molecule has 1 fully saturated rings. The van der Waals surface area contributed by atoms with Crippen molar-refractivity contribution in [3.63, 3.8) is 0 Å². The van der Waals surface area contributed by atoms with Gasteiger partial charge in [0, 0.05) is 25.1 Å². The summed E-state index contributed by atoms with van der Waals surface area (Å²) in [5.41, 5.74) is 4.29. The number of hydrogen-bond acceptors (Lipinski definition) is 4. The van der Waals surface area contributed by atoms with Crippen LogP contribution in [0, 0.1) is 12.8 Å². The van der Waals surface area contributed by atoms with E-state index in [1.54, 1.807) is 17.8 Å². The Morgan fingerprint density at radius 2 is 1.82 bits per heavy atom. The summed E-state index contributed by atoms with van der Waals surface area (Å²) in [6.07, 6.45) is 10.6. The Morgan fingerprint density at radius 3 is 2.49 bits per heavy atom. The van der Waals surface area contributed by atoms with Gasteiger partial charge in [-0.05, 0) is 85.3 Å². The van der Waals surface area contributed by atoms with Crippen LogP contribution < -0.4 is 5.32 Å². The van der Waals surface area contributed by atoms with Gasteiger partial charge in [0.2, 0.25) is 5.91 Å². The summed E-state index contributed by atoms with van der Waals surface area (Å²) in [6.45, 7) is 5.54. The van der Waals surface area contributed by atoms with Crippen molar-refractivity contribution in [2.45, 2.75) is 77.7 Å². The zero-order chi connectivity index (χ0) is 28.2. The number of hydrogen-bond donors (Lipinski definition) is 2. The predicted molar refractivity (Wildman–Crippen MR) is 160 cm³/mol. The molecule has 0 bridgehead atoms. The second kappa shape index (κ2) is 15.7. The van der Waals surface area contributed by atoms with Gasteiger partial charge >= 0.3 is 5.97 Å². The van der Waals surface area contributed by atoms with E-state index in [9.17, 15) is 19.5 Å². The molecule has 1 unspecified atom stereocenters. The van der Waals surface area contributed by atoms with E-state index >= 15 is 0 Å². The van der Waals surface area contributed by atoms with Gasteiger partial charge in [0.15, 0.2) is 0 Å². The molecule has 1 atom stereocenters. The largest absolute Gasteiger partial charge is 0.480 e. The van der Waals surface area contributed by atoms with Crippen molar-refractivity contribution in [2.75, 3.05) is 25.1 Å². The first-order chi connectivity index (χ1) is 18.8. The fourth-order valence-corrected chi connectivity index (χ4v) is 5.88. The third-order valence-corrected chi connectivity index (χ3v) is 8.31. The second-order valence-corrected chi connectivity index (χ2v) is 11.7. The smallest absolute Gasteiger partial charge is 0.326 e. The minimum atomic E-state index is -1.03. The minimum Gasteiger partial charge on any atom is -0.480 e. The van der Waals surface area contributed by atoms with Crippen LogP contribution in [0.1, 0.15) is 79.8 Å². The molecule has 0 heterocycles. The molecule has 0 radical (unpaired) electrons. The number of amides is 2. The number of benzene rings is 2. The SMILES string of the molecule is CCCC(=O)N(CCc1ccc(C(=O)NC(CCSC)C(=O)O)c(-c2ccccc2C)c1)CC1CCCCC1. The maximum Gasteiger partial charge on any atom is 0.326 e. The lowest BCUT2D eigenvalue weighted by atomic mass is 9.88. The van der Waals surface area contributed by atoms with Gasteiger partial charge in [-0.15, -0.1) is 0 Å². The van der Waals surface area contributed by atoms with E-state index < -0.39 is 12.0 Å². The fraction of sp³-hybridized carbons (Fsp3) is 0.531. The van der Waals surface area contributed by atoms with Gasteiger partial charge in [0.1, 0.15) is 6.04 Å². The highest BCUT2D eigenvalue weighted by Gasteiger charge is 2.24. The molecule has 1 saturated carbocycles. The van der Waals surface area contributed by atoms with Crippen molar-refractivity contribution in [3.8, 4) is 11.1 Å². The minimum absolute atomic E-state index is 0.225. The molecule has 1 aliphatic rings. The van der Waals surface area contributed by atoms with E-state index in [2.05, 4.69) is 10.2 Å². The van der Waals surface area contributed by atoms with Crippen LogP contribution in [0.5, 0.6) is 0 Å². The van der Waals surface area contributed by atoms with Gasteiger partial charge < -0.3 is 15.3 Å². The average molecular weight is 553 g/mol. The van der Waals surface area contributed by atoms with Crippen LogP contribution in [0.4, 0.5) is 0 Å². The van der Waals surface area contributed by atoms with Gasteiger partial charge in [-0.1, -0.05) is 62.6 Å². The third kappa shape index (κ3) is 9.13. The summed E-state index contributed by atoms with van der Waals surface area (Å²) in [7, 11) is 0. The quantitative estimate of drug-likeness (QED) is 0.285. The van der Waals surface area contributed by atoms with Crippen LogP contribution >= 0.6 is 11.8 Å². The summed E-state index contributed by atoms with van der Waals surface area (Å²) in [6, 6.07) is 12.8. The lowest BCUT2D eigenvalue weighted by molar-refractivity contribution is -0.139. The lowest BCUT2D eigenvalue weighted by Gasteiger charge is -2.30. The molecule has 2 aromatic carbocycles. The summed E-state index contributed by atoms with van der Waals surface area (Å²) in [5, 5.41) is 12.4. The Labute approximate surface area is 237 Å².